The van der Waals surface area contributed by atoms with Gasteiger partial charge in [0.05, 0.1) is 7.11 Å². The Balaban J connectivity index is 1.50. The standard InChI is InChI=1S/C21H21NO4/c1-24-18-12-15(13-19-21(18)26-11-10-25-19)6-7-20(23)22-9-8-16-4-2-3-5-17(16)14-22/h2-7,12-13H,8-11,14H2,1H3/b7-6+. The van der Waals surface area contributed by atoms with E-state index in [0.717, 1.165) is 18.5 Å². The summed E-state index contributed by atoms with van der Waals surface area (Å²) in [5.74, 6) is 1.89. The monoisotopic (exact) mass is 351 g/mol. The van der Waals surface area contributed by atoms with Crippen LogP contribution in [0, 0.1) is 0 Å². The number of amides is 1. The van der Waals surface area contributed by atoms with Crippen molar-refractivity contribution in [1.82, 2.24) is 4.90 Å². The first-order valence-corrected chi connectivity index (χ1v) is 8.76. The molecule has 26 heavy (non-hydrogen) atoms. The van der Waals surface area contributed by atoms with Gasteiger partial charge in [-0.25, -0.2) is 0 Å². The Labute approximate surface area is 152 Å². The summed E-state index contributed by atoms with van der Waals surface area (Å²) >= 11 is 0. The maximum absolute atomic E-state index is 12.6. The van der Waals surface area contributed by atoms with E-state index in [1.807, 2.05) is 29.2 Å². The minimum atomic E-state index is 0.00774. The van der Waals surface area contributed by atoms with Crippen molar-refractivity contribution in [3.63, 3.8) is 0 Å². The molecule has 5 heteroatoms. The van der Waals surface area contributed by atoms with E-state index in [4.69, 9.17) is 14.2 Å². The van der Waals surface area contributed by atoms with Crippen molar-refractivity contribution in [1.29, 1.82) is 0 Å². The highest BCUT2D eigenvalue weighted by Gasteiger charge is 2.20. The van der Waals surface area contributed by atoms with Crippen LogP contribution in [0.4, 0.5) is 0 Å². The molecule has 4 rings (SSSR count). The SMILES string of the molecule is COc1cc(/C=C/C(=O)N2CCc3ccccc3C2)cc2c1OCCO2. The molecule has 2 heterocycles. The predicted molar refractivity (Wildman–Crippen MR) is 98.6 cm³/mol. The highest BCUT2D eigenvalue weighted by Crippen LogP contribution is 2.40. The lowest BCUT2D eigenvalue weighted by molar-refractivity contribution is -0.126. The van der Waals surface area contributed by atoms with Crippen LogP contribution < -0.4 is 14.2 Å². The van der Waals surface area contributed by atoms with Crippen molar-refractivity contribution in [2.45, 2.75) is 13.0 Å². The van der Waals surface area contributed by atoms with E-state index in [9.17, 15) is 4.79 Å². The van der Waals surface area contributed by atoms with E-state index >= 15 is 0 Å². The van der Waals surface area contributed by atoms with Gasteiger partial charge in [-0.3, -0.25) is 4.79 Å². The van der Waals surface area contributed by atoms with E-state index in [-0.39, 0.29) is 5.91 Å². The molecule has 0 radical (unpaired) electrons. The van der Waals surface area contributed by atoms with Crippen LogP contribution in [-0.2, 0) is 17.8 Å². The average Bonchev–Trinajstić information content (AvgIpc) is 2.71. The van der Waals surface area contributed by atoms with Gasteiger partial charge in [-0.05, 0) is 41.3 Å². The third kappa shape index (κ3) is 3.25. The van der Waals surface area contributed by atoms with Crippen LogP contribution in [0.1, 0.15) is 16.7 Å². The first-order chi connectivity index (χ1) is 12.7. The fourth-order valence-electron chi connectivity index (χ4n) is 3.35. The van der Waals surface area contributed by atoms with Gasteiger partial charge in [-0.2, -0.15) is 0 Å². The Hall–Kier alpha value is -2.95. The molecule has 0 aromatic heterocycles. The maximum Gasteiger partial charge on any atom is 0.246 e. The summed E-state index contributed by atoms with van der Waals surface area (Å²) in [7, 11) is 1.59. The lowest BCUT2D eigenvalue weighted by Gasteiger charge is -2.27. The molecule has 2 aliphatic heterocycles. The largest absolute Gasteiger partial charge is 0.493 e. The summed E-state index contributed by atoms with van der Waals surface area (Å²) in [6, 6.07) is 12.0. The van der Waals surface area contributed by atoms with Gasteiger partial charge in [0.2, 0.25) is 11.7 Å². The van der Waals surface area contributed by atoms with Gasteiger partial charge < -0.3 is 19.1 Å². The van der Waals surface area contributed by atoms with Gasteiger partial charge in [-0.15, -0.1) is 0 Å². The van der Waals surface area contributed by atoms with Gasteiger partial charge in [0.15, 0.2) is 11.5 Å². The van der Waals surface area contributed by atoms with Gasteiger partial charge in [0.25, 0.3) is 0 Å². The highest BCUT2D eigenvalue weighted by molar-refractivity contribution is 5.92. The Morgan fingerprint density at radius 2 is 1.96 bits per heavy atom. The Morgan fingerprint density at radius 1 is 1.15 bits per heavy atom. The number of benzene rings is 2. The number of hydrogen-bond donors (Lipinski definition) is 0. The van der Waals surface area contributed by atoms with E-state index in [0.29, 0.717) is 37.0 Å². The Morgan fingerprint density at radius 3 is 2.81 bits per heavy atom. The van der Waals surface area contributed by atoms with Crippen molar-refractivity contribution >= 4 is 12.0 Å². The van der Waals surface area contributed by atoms with Crippen LogP contribution in [0.25, 0.3) is 6.08 Å². The Kier molecular flexibility index (Phi) is 4.52. The smallest absolute Gasteiger partial charge is 0.246 e. The number of carbonyl (C=O) groups is 1. The summed E-state index contributed by atoms with van der Waals surface area (Å²) in [6.45, 7) is 2.41. The molecule has 0 atom stereocenters. The zero-order chi connectivity index (χ0) is 17.9. The third-order valence-electron chi connectivity index (χ3n) is 4.71. The lowest BCUT2D eigenvalue weighted by Crippen LogP contribution is -2.34. The molecule has 134 valence electrons. The van der Waals surface area contributed by atoms with E-state index in [1.54, 1.807) is 19.3 Å². The van der Waals surface area contributed by atoms with Gasteiger partial charge >= 0.3 is 0 Å². The summed E-state index contributed by atoms with van der Waals surface area (Å²) in [4.78, 5) is 14.4. The number of fused-ring (bicyclic) bond motifs is 2. The molecule has 0 unspecified atom stereocenters. The highest BCUT2D eigenvalue weighted by atomic mass is 16.6. The molecular formula is C21H21NO4. The second kappa shape index (κ2) is 7.12. The van der Waals surface area contributed by atoms with Crippen molar-refractivity contribution in [2.75, 3.05) is 26.9 Å². The summed E-state index contributed by atoms with van der Waals surface area (Å²) in [5, 5.41) is 0. The summed E-state index contributed by atoms with van der Waals surface area (Å²) in [6.07, 6.45) is 4.30. The van der Waals surface area contributed by atoms with Crippen LogP contribution in [0.15, 0.2) is 42.5 Å². The van der Waals surface area contributed by atoms with Crippen LogP contribution >= 0.6 is 0 Å². The molecule has 0 aliphatic carbocycles. The van der Waals surface area contributed by atoms with Crippen molar-refractivity contribution in [2.24, 2.45) is 0 Å². The number of rotatable bonds is 3. The first-order valence-electron chi connectivity index (χ1n) is 8.76. The fourth-order valence-corrected chi connectivity index (χ4v) is 3.35. The van der Waals surface area contributed by atoms with Gasteiger partial charge in [-0.1, -0.05) is 24.3 Å². The molecule has 0 bridgehead atoms. The van der Waals surface area contributed by atoms with E-state index in [2.05, 4.69) is 12.1 Å². The Bertz CT molecular complexity index is 842. The molecule has 1 amide bonds. The predicted octanol–water partition coefficient (Wildman–Crippen LogP) is 3.06. The number of methoxy groups -OCH3 is 1. The summed E-state index contributed by atoms with van der Waals surface area (Å²) < 4.78 is 16.6. The number of carbonyl (C=O) groups excluding carboxylic acids is 1. The quantitative estimate of drug-likeness (QED) is 0.798. The zero-order valence-electron chi connectivity index (χ0n) is 14.7. The molecule has 0 spiro atoms. The topological polar surface area (TPSA) is 48.0 Å². The number of nitrogens with zero attached hydrogens (tertiary/aromatic N) is 1. The van der Waals surface area contributed by atoms with Crippen molar-refractivity contribution in [3.8, 4) is 17.2 Å². The van der Waals surface area contributed by atoms with Crippen LogP contribution in [-0.4, -0.2) is 37.7 Å². The molecule has 2 aromatic rings. The minimum Gasteiger partial charge on any atom is -0.493 e. The van der Waals surface area contributed by atoms with Crippen molar-refractivity contribution < 1.29 is 19.0 Å². The molecule has 0 fully saturated rings. The first kappa shape index (κ1) is 16.5. The third-order valence-corrected chi connectivity index (χ3v) is 4.71. The molecule has 2 aromatic carbocycles. The zero-order valence-corrected chi connectivity index (χ0v) is 14.7. The van der Waals surface area contributed by atoms with E-state index in [1.165, 1.54) is 11.1 Å². The summed E-state index contributed by atoms with van der Waals surface area (Å²) in [5.41, 5.74) is 3.40. The van der Waals surface area contributed by atoms with Gasteiger partial charge in [0, 0.05) is 19.2 Å². The number of ether oxygens (including phenoxy) is 3. The lowest BCUT2D eigenvalue weighted by atomic mass is 10.00. The molecule has 2 aliphatic rings. The van der Waals surface area contributed by atoms with Crippen LogP contribution in [0.5, 0.6) is 17.2 Å². The molecule has 0 saturated carbocycles. The fraction of sp³-hybridized carbons (Fsp3) is 0.286. The minimum absolute atomic E-state index is 0.00774. The average molecular weight is 351 g/mol. The van der Waals surface area contributed by atoms with Crippen LogP contribution in [0.3, 0.4) is 0 Å². The second-order valence-corrected chi connectivity index (χ2v) is 6.36. The molecular weight excluding hydrogens is 330 g/mol. The van der Waals surface area contributed by atoms with E-state index < -0.39 is 0 Å². The maximum atomic E-state index is 12.6. The molecule has 5 nitrogen and oxygen atoms in total. The normalized spacial score (nSPS) is 15.7. The van der Waals surface area contributed by atoms with Gasteiger partial charge in [0.1, 0.15) is 13.2 Å². The molecule has 0 N–H and O–H groups in total. The van der Waals surface area contributed by atoms with Crippen molar-refractivity contribution in [3.05, 3.63) is 59.2 Å². The van der Waals surface area contributed by atoms with Crippen LogP contribution in [0.2, 0.25) is 0 Å². The molecule has 0 saturated heterocycles. The number of hydrogen-bond acceptors (Lipinski definition) is 4. The second-order valence-electron chi connectivity index (χ2n) is 6.36.